The Hall–Kier alpha value is -0.910. The van der Waals surface area contributed by atoms with Crippen molar-refractivity contribution < 1.29 is 14.7 Å². The van der Waals surface area contributed by atoms with Crippen molar-refractivity contribution in [2.24, 2.45) is 0 Å². The van der Waals surface area contributed by atoms with Gasteiger partial charge in [0.25, 0.3) is 0 Å². The number of thioether (sulfide) groups is 1. The normalized spacial score (nSPS) is 22.9. The third-order valence-electron chi connectivity index (χ3n) is 2.81. The molecule has 1 amide bonds. The monoisotopic (exact) mass is 319 g/mol. The van der Waals surface area contributed by atoms with E-state index in [0.717, 1.165) is 5.56 Å². The summed E-state index contributed by atoms with van der Waals surface area (Å²) in [6.07, 6.45) is 0.433. The van der Waals surface area contributed by atoms with E-state index in [-0.39, 0.29) is 11.2 Å². The number of hydrogen-bond donors (Lipinski definition) is 2. The molecule has 2 atom stereocenters. The molecule has 2 rings (SSSR count). The van der Waals surface area contributed by atoms with Gasteiger partial charge in [-0.2, -0.15) is 0 Å². The summed E-state index contributed by atoms with van der Waals surface area (Å²) in [5, 5.41) is 11.9. The van der Waals surface area contributed by atoms with Crippen LogP contribution in [0.25, 0.3) is 0 Å². The number of carboxylic acid groups (broad SMARTS) is 1. The van der Waals surface area contributed by atoms with Gasteiger partial charge in [-0.1, -0.05) is 35.3 Å². The first-order valence-corrected chi connectivity index (χ1v) is 7.37. The highest BCUT2D eigenvalue weighted by atomic mass is 35.5. The Labute approximate surface area is 124 Å². The van der Waals surface area contributed by atoms with Crippen molar-refractivity contribution in [1.82, 2.24) is 5.32 Å². The van der Waals surface area contributed by atoms with Crippen LogP contribution in [-0.2, 0) is 16.0 Å². The van der Waals surface area contributed by atoms with Gasteiger partial charge in [0, 0.05) is 5.75 Å². The average molecular weight is 320 g/mol. The predicted molar refractivity (Wildman–Crippen MR) is 76.0 cm³/mol. The van der Waals surface area contributed by atoms with E-state index in [1.54, 1.807) is 12.1 Å². The number of hydrogen-bond acceptors (Lipinski definition) is 3. The largest absolute Gasteiger partial charge is 0.480 e. The van der Waals surface area contributed by atoms with Crippen LogP contribution < -0.4 is 5.32 Å². The average Bonchev–Trinajstić information content (AvgIpc) is 2.37. The van der Waals surface area contributed by atoms with Crippen molar-refractivity contribution in [2.45, 2.75) is 17.7 Å². The highest BCUT2D eigenvalue weighted by Gasteiger charge is 2.32. The minimum Gasteiger partial charge on any atom is -0.480 e. The molecular formula is C12H11Cl2NO3S. The van der Waals surface area contributed by atoms with Gasteiger partial charge in [-0.15, -0.1) is 11.8 Å². The van der Waals surface area contributed by atoms with Crippen LogP contribution in [0.15, 0.2) is 18.2 Å². The molecule has 0 saturated carbocycles. The van der Waals surface area contributed by atoms with Crippen molar-refractivity contribution in [1.29, 1.82) is 0 Å². The lowest BCUT2D eigenvalue weighted by molar-refractivity contribution is -0.141. The molecule has 102 valence electrons. The van der Waals surface area contributed by atoms with Gasteiger partial charge in [0.15, 0.2) is 0 Å². The molecule has 1 aromatic carbocycles. The number of rotatable bonds is 3. The van der Waals surface area contributed by atoms with Crippen molar-refractivity contribution in [3.05, 3.63) is 33.8 Å². The summed E-state index contributed by atoms with van der Waals surface area (Å²) < 4.78 is 0. The molecule has 2 N–H and O–H groups in total. The van der Waals surface area contributed by atoms with Crippen LogP contribution >= 0.6 is 35.0 Å². The van der Waals surface area contributed by atoms with Crippen molar-refractivity contribution >= 4 is 46.8 Å². The topological polar surface area (TPSA) is 66.4 Å². The molecule has 1 aromatic rings. The smallest absolute Gasteiger partial charge is 0.327 e. The van der Waals surface area contributed by atoms with Crippen LogP contribution in [0.4, 0.5) is 0 Å². The van der Waals surface area contributed by atoms with Crippen LogP contribution in [0.1, 0.15) is 5.56 Å². The third-order valence-corrected chi connectivity index (χ3v) is 4.97. The second kappa shape index (κ2) is 6.03. The van der Waals surface area contributed by atoms with Crippen LogP contribution in [-0.4, -0.2) is 34.0 Å². The molecule has 1 fully saturated rings. The fourth-order valence-corrected chi connectivity index (χ4v) is 3.35. The quantitative estimate of drug-likeness (QED) is 0.896. The molecule has 0 aromatic heterocycles. The molecule has 0 spiro atoms. The predicted octanol–water partition coefficient (Wildman–Crippen LogP) is 2.22. The fourth-order valence-electron chi connectivity index (χ4n) is 1.78. The summed E-state index contributed by atoms with van der Waals surface area (Å²) in [5.41, 5.74) is 0.788. The zero-order valence-corrected chi connectivity index (χ0v) is 12.1. The maximum Gasteiger partial charge on any atom is 0.327 e. The third kappa shape index (κ3) is 3.35. The summed E-state index contributed by atoms with van der Waals surface area (Å²) in [7, 11) is 0. The molecule has 4 nitrogen and oxygen atoms in total. The maximum atomic E-state index is 11.8. The number of carboxylic acids is 1. The molecule has 1 saturated heterocycles. The number of aliphatic carboxylic acids is 1. The van der Waals surface area contributed by atoms with Gasteiger partial charge in [0.05, 0.1) is 15.3 Å². The lowest BCUT2D eigenvalue weighted by atomic mass is 10.1. The van der Waals surface area contributed by atoms with E-state index in [0.29, 0.717) is 22.2 Å². The highest BCUT2D eigenvalue weighted by Crippen LogP contribution is 2.29. The summed E-state index contributed by atoms with van der Waals surface area (Å²) >= 11 is 13.3. The number of nitrogens with one attached hydrogen (secondary N) is 1. The van der Waals surface area contributed by atoms with Gasteiger partial charge >= 0.3 is 5.97 Å². The lowest BCUT2D eigenvalue weighted by Crippen LogP contribution is -2.51. The summed E-state index contributed by atoms with van der Waals surface area (Å²) in [6, 6.07) is 4.45. The molecule has 0 aliphatic carbocycles. The number of carbonyl (C=O) groups excluding carboxylic acids is 1. The second-order valence-corrected chi connectivity index (χ2v) is 6.16. The molecule has 7 heteroatoms. The highest BCUT2D eigenvalue weighted by molar-refractivity contribution is 8.00. The van der Waals surface area contributed by atoms with Gasteiger partial charge in [-0.3, -0.25) is 4.79 Å². The number of carbonyl (C=O) groups is 2. The van der Waals surface area contributed by atoms with E-state index in [9.17, 15) is 9.59 Å². The van der Waals surface area contributed by atoms with Gasteiger partial charge in [-0.05, 0) is 18.1 Å². The van der Waals surface area contributed by atoms with Crippen molar-refractivity contribution in [3.63, 3.8) is 0 Å². The summed E-state index contributed by atoms with van der Waals surface area (Å²) in [5.74, 6) is -0.941. The van der Waals surface area contributed by atoms with E-state index < -0.39 is 12.0 Å². The molecule has 1 aliphatic rings. The van der Waals surface area contributed by atoms with Crippen molar-refractivity contribution in [2.75, 3.05) is 5.75 Å². The van der Waals surface area contributed by atoms with Gasteiger partial charge in [0.1, 0.15) is 6.04 Å². The first-order valence-electron chi connectivity index (χ1n) is 5.56. The van der Waals surface area contributed by atoms with Crippen LogP contribution in [0, 0.1) is 0 Å². The van der Waals surface area contributed by atoms with E-state index in [4.69, 9.17) is 28.3 Å². The zero-order valence-electron chi connectivity index (χ0n) is 9.73. The molecule has 0 radical (unpaired) electrons. The fraction of sp³-hybridized carbons (Fsp3) is 0.333. The van der Waals surface area contributed by atoms with E-state index >= 15 is 0 Å². The van der Waals surface area contributed by atoms with Crippen LogP contribution in [0.3, 0.4) is 0 Å². The van der Waals surface area contributed by atoms with Crippen LogP contribution in [0.2, 0.25) is 10.0 Å². The van der Waals surface area contributed by atoms with Gasteiger partial charge in [0.2, 0.25) is 5.91 Å². The summed E-state index contributed by atoms with van der Waals surface area (Å²) in [6.45, 7) is 0. The molecule has 19 heavy (non-hydrogen) atoms. The second-order valence-electron chi connectivity index (χ2n) is 4.14. The first kappa shape index (κ1) is 14.5. The van der Waals surface area contributed by atoms with E-state index in [1.807, 2.05) is 6.07 Å². The summed E-state index contributed by atoms with van der Waals surface area (Å²) in [4.78, 5) is 22.6. The SMILES string of the molecule is O=C(O)[C@@H]1CS[C@H](Cc2cccc(Cl)c2Cl)C(=O)N1. The van der Waals surface area contributed by atoms with E-state index in [2.05, 4.69) is 5.32 Å². The molecule has 0 unspecified atom stereocenters. The van der Waals surface area contributed by atoms with Crippen LogP contribution in [0.5, 0.6) is 0 Å². The Balaban J connectivity index is 2.07. The first-order chi connectivity index (χ1) is 8.99. The number of halogens is 2. The molecular weight excluding hydrogens is 309 g/mol. The lowest BCUT2D eigenvalue weighted by Gasteiger charge is -2.26. The van der Waals surface area contributed by atoms with E-state index in [1.165, 1.54) is 11.8 Å². The Morgan fingerprint density at radius 1 is 1.47 bits per heavy atom. The molecule has 1 aliphatic heterocycles. The Bertz CT molecular complexity index is 524. The number of benzene rings is 1. The Morgan fingerprint density at radius 3 is 2.84 bits per heavy atom. The standard InChI is InChI=1S/C12H11Cl2NO3S/c13-7-3-1-2-6(10(7)14)4-9-11(16)15-8(5-19-9)12(17)18/h1-3,8-9H,4-5H2,(H,15,16)(H,17,18)/t8-,9+/m0/s1. The zero-order chi connectivity index (χ0) is 14.0. The minimum atomic E-state index is -1.01. The molecule has 1 heterocycles. The Kier molecular flexibility index (Phi) is 4.60. The van der Waals surface area contributed by atoms with Gasteiger partial charge < -0.3 is 10.4 Å². The van der Waals surface area contributed by atoms with Crippen molar-refractivity contribution in [3.8, 4) is 0 Å². The molecule has 0 bridgehead atoms. The minimum absolute atomic E-state index is 0.278. The maximum absolute atomic E-state index is 11.8. The Morgan fingerprint density at radius 2 is 2.21 bits per heavy atom. The van der Waals surface area contributed by atoms with Gasteiger partial charge in [-0.25, -0.2) is 4.79 Å². The number of amides is 1.